The van der Waals surface area contributed by atoms with E-state index in [1.165, 1.54) is 11.8 Å². The fourth-order valence-electron chi connectivity index (χ4n) is 3.05. The van der Waals surface area contributed by atoms with Gasteiger partial charge in [-0.3, -0.25) is 4.79 Å². The van der Waals surface area contributed by atoms with Crippen molar-refractivity contribution in [3.63, 3.8) is 0 Å². The molecule has 1 heterocycles. The minimum atomic E-state index is -0.347. The average molecular weight is 392 g/mol. The van der Waals surface area contributed by atoms with Crippen molar-refractivity contribution in [3.05, 3.63) is 59.1 Å². The zero-order valence-electron chi connectivity index (χ0n) is 14.7. The van der Waals surface area contributed by atoms with Gasteiger partial charge in [-0.2, -0.15) is 0 Å². The number of thioether (sulfide) groups is 1. The molecule has 26 heavy (non-hydrogen) atoms. The summed E-state index contributed by atoms with van der Waals surface area (Å²) in [7, 11) is 1.64. The molecule has 6 heteroatoms. The first-order chi connectivity index (χ1) is 12.6. The van der Waals surface area contributed by atoms with Crippen molar-refractivity contribution in [2.75, 3.05) is 26.1 Å². The second-order valence-corrected chi connectivity index (χ2v) is 7.89. The molecule has 2 aromatic carbocycles. The molecule has 3 rings (SSSR count). The third-order valence-corrected chi connectivity index (χ3v) is 5.62. The standard InChI is InChI=1S/C20H22ClNO3S/c1-24-17-3-2-4-18(11-17)26-13-19(23)22-20(9-10-25-14-20)12-15-5-7-16(21)8-6-15/h2-8,11H,9-10,12-14H2,1H3,(H,22,23)/t20-/m1/s1. The van der Waals surface area contributed by atoms with Gasteiger partial charge in [-0.1, -0.05) is 29.8 Å². The summed E-state index contributed by atoms with van der Waals surface area (Å²) in [6.45, 7) is 1.20. The highest BCUT2D eigenvalue weighted by molar-refractivity contribution is 8.00. The molecule has 0 spiro atoms. The van der Waals surface area contributed by atoms with Gasteiger partial charge in [0.05, 0.1) is 25.0 Å². The van der Waals surface area contributed by atoms with E-state index in [2.05, 4.69) is 5.32 Å². The molecule has 1 saturated heterocycles. The van der Waals surface area contributed by atoms with Crippen LogP contribution in [-0.2, 0) is 16.0 Å². The molecule has 4 nitrogen and oxygen atoms in total. The number of carbonyl (C=O) groups excluding carboxylic acids is 1. The Morgan fingerprint density at radius 3 is 2.81 bits per heavy atom. The molecule has 0 bridgehead atoms. The Bertz CT molecular complexity index is 745. The van der Waals surface area contributed by atoms with E-state index in [1.54, 1.807) is 7.11 Å². The van der Waals surface area contributed by atoms with Gasteiger partial charge in [-0.25, -0.2) is 0 Å². The van der Waals surface area contributed by atoms with E-state index in [4.69, 9.17) is 21.1 Å². The van der Waals surface area contributed by atoms with Crippen molar-refractivity contribution in [1.82, 2.24) is 5.32 Å². The Labute approximate surface area is 163 Å². The number of halogens is 1. The molecule has 1 N–H and O–H groups in total. The molecule has 0 aromatic heterocycles. The van der Waals surface area contributed by atoms with Crippen LogP contribution in [0.25, 0.3) is 0 Å². The van der Waals surface area contributed by atoms with Gasteiger partial charge in [-0.15, -0.1) is 11.8 Å². The van der Waals surface area contributed by atoms with Gasteiger partial charge < -0.3 is 14.8 Å². The molecule has 1 amide bonds. The van der Waals surface area contributed by atoms with Crippen LogP contribution >= 0.6 is 23.4 Å². The van der Waals surface area contributed by atoms with Gasteiger partial charge in [0.2, 0.25) is 5.91 Å². The van der Waals surface area contributed by atoms with Gasteiger partial charge in [0.15, 0.2) is 0 Å². The number of methoxy groups -OCH3 is 1. The molecule has 0 unspecified atom stereocenters. The Balaban J connectivity index is 1.60. The Hall–Kier alpha value is -1.69. The fourth-order valence-corrected chi connectivity index (χ4v) is 3.92. The zero-order chi connectivity index (χ0) is 18.4. The molecular weight excluding hydrogens is 370 g/mol. The van der Waals surface area contributed by atoms with Crippen molar-refractivity contribution >= 4 is 29.3 Å². The van der Waals surface area contributed by atoms with E-state index in [9.17, 15) is 4.79 Å². The van der Waals surface area contributed by atoms with Crippen molar-refractivity contribution in [1.29, 1.82) is 0 Å². The normalized spacial score (nSPS) is 19.3. The number of carbonyl (C=O) groups is 1. The van der Waals surface area contributed by atoms with Crippen LogP contribution in [-0.4, -0.2) is 37.5 Å². The predicted octanol–water partition coefficient (Wildman–Crippen LogP) is 3.96. The largest absolute Gasteiger partial charge is 0.497 e. The number of benzene rings is 2. The Morgan fingerprint density at radius 1 is 1.31 bits per heavy atom. The van der Waals surface area contributed by atoms with Gasteiger partial charge >= 0.3 is 0 Å². The zero-order valence-corrected chi connectivity index (χ0v) is 16.2. The van der Waals surface area contributed by atoms with Crippen molar-refractivity contribution in [2.45, 2.75) is 23.3 Å². The van der Waals surface area contributed by atoms with Crippen LogP contribution in [0.1, 0.15) is 12.0 Å². The molecule has 1 aliphatic heterocycles. The van der Waals surface area contributed by atoms with E-state index in [0.29, 0.717) is 24.0 Å². The number of hydrogen-bond acceptors (Lipinski definition) is 4. The van der Waals surface area contributed by atoms with Crippen LogP contribution in [0.4, 0.5) is 0 Å². The highest BCUT2D eigenvalue weighted by Crippen LogP contribution is 2.26. The summed E-state index contributed by atoms with van der Waals surface area (Å²) in [5, 5.41) is 3.92. The van der Waals surface area contributed by atoms with Crippen LogP contribution in [0, 0.1) is 0 Å². The average Bonchev–Trinajstić information content (AvgIpc) is 3.10. The summed E-state index contributed by atoms with van der Waals surface area (Å²) in [4.78, 5) is 13.5. The molecule has 1 atom stereocenters. The Kier molecular flexibility index (Phi) is 6.46. The maximum atomic E-state index is 12.5. The van der Waals surface area contributed by atoms with E-state index < -0.39 is 0 Å². The molecule has 138 valence electrons. The monoisotopic (exact) mass is 391 g/mol. The number of ether oxygens (including phenoxy) is 2. The van der Waals surface area contributed by atoms with Gasteiger partial charge in [0.25, 0.3) is 0 Å². The second kappa shape index (κ2) is 8.80. The fraction of sp³-hybridized carbons (Fsp3) is 0.350. The highest BCUT2D eigenvalue weighted by atomic mass is 35.5. The van der Waals surface area contributed by atoms with E-state index >= 15 is 0 Å². The molecule has 1 aliphatic rings. The van der Waals surface area contributed by atoms with Crippen LogP contribution in [0.2, 0.25) is 5.02 Å². The second-order valence-electron chi connectivity index (χ2n) is 6.40. The number of hydrogen-bond donors (Lipinski definition) is 1. The lowest BCUT2D eigenvalue weighted by molar-refractivity contribution is -0.120. The SMILES string of the molecule is COc1cccc(SCC(=O)N[C@@]2(Cc3ccc(Cl)cc3)CCOC2)c1. The lowest BCUT2D eigenvalue weighted by atomic mass is 9.90. The third-order valence-electron chi connectivity index (χ3n) is 4.37. The van der Waals surface area contributed by atoms with Crippen LogP contribution in [0.15, 0.2) is 53.4 Å². The topological polar surface area (TPSA) is 47.6 Å². The van der Waals surface area contributed by atoms with Crippen LogP contribution in [0.5, 0.6) is 5.75 Å². The predicted molar refractivity (Wildman–Crippen MR) is 105 cm³/mol. The number of amides is 1. The molecule has 0 radical (unpaired) electrons. The first-order valence-electron chi connectivity index (χ1n) is 8.49. The highest BCUT2D eigenvalue weighted by Gasteiger charge is 2.36. The van der Waals surface area contributed by atoms with Crippen molar-refractivity contribution < 1.29 is 14.3 Å². The van der Waals surface area contributed by atoms with Gasteiger partial charge in [0, 0.05) is 16.5 Å². The number of nitrogens with one attached hydrogen (secondary N) is 1. The van der Waals surface area contributed by atoms with Crippen LogP contribution in [0.3, 0.4) is 0 Å². The lowest BCUT2D eigenvalue weighted by Crippen LogP contribution is -2.51. The molecule has 0 saturated carbocycles. The maximum absolute atomic E-state index is 12.5. The minimum absolute atomic E-state index is 0.0114. The summed E-state index contributed by atoms with van der Waals surface area (Å²) >= 11 is 7.46. The molecule has 1 fully saturated rings. The summed E-state index contributed by atoms with van der Waals surface area (Å²) in [5.74, 6) is 1.16. The summed E-state index contributed by atoms with van der Waals surface area (Å²) < 4.78 is 10.8. The maximum Gasteiger partial charge on any atom is 0.230 e. The summed E-state index contributed by atoms with van der Waals surface area (Å²) in [6.07, 6.45) is 1.55. The minimum Gasteiger partial charge on any atom is -0.497 e. The Morgan fingerprint density at radius 2 is 2.12 bits per heavy atom. The molecular formula is C20H22ClNO3S. The quantitative estimate of drug-likeness (QED) is 0.726. The summed E-state index contributed by atoms with van der Waals surface area (Å²) in [5.41, 5.74) is 0.792. The third kappa shape index (κ3) is 5.16. The van der Waals surface area contributed by atoms with E-state index in [0.717, 1.165) is 29.1 Å². The molecule has 0 aliphatic carbocycles. The van der Waals surface area contributed by atoms with Crippen molar-refractivity contribution in [2.24, 2.45) is 0 Å². The first kappa shape index (κ1) is 19.1. The number of rotatable bonds is 7. The van der Waals surface area contributed by atoms with E-state index in [-0.39, 0.29) is 11.4 Å². The van der Waals surface area contributed by atoms with Crippen molar-refractivity contribution in [3.8, 4) is 5.75 Å². The molecule has 2 aromatic rings. The van der Waals surface area contributed by atoms with Gasteiger partial charge in [-0.05, 0) is 48.7 Å². The lowest BCUT2D eigenvalue weighted by Gasteiger charge is -2.29. The van der Waals surface area contributed by atoms with Crippen LogP contribution < -0.4 is 10.1 Å². The first-order valence-corrected chi connectivity index (χ1v) is 9.85. The van der Waals surface area contributed by atoms with Gasteiger partial charge in [0.1, 0.15) is 5.75 Å². The van der Waals surface area contributed by atoms with E-state index in [1.807, 2.05) is 48.5 Å². The smallest absolute Gasteiger partial charge is 0.230 e. The summed E-state index contributed by atoms with van der Waals surface area (Å²) in [6, 6.07) is 15.5.